The first-order chi connectivity index (χ1) is 16.0. The minimum atomic E-state index is 0.213. The second kappa shape index (κ2) is 10.5. The lowest BCUT2D eigenvalue weighted by molar-refractivity contribution is 0.303. The van der Waals surface area contributed by atoms with Gasteiger partial charge in [0.25, 0.3) is 0 Å². The number of halogens is 3. The van der Waals surface area contributed by atoms with Crippen LogP contribution in [0.3, 0.4) is 0 Å². The van der Waals surface area contributed by atoms with Crippen LogP contribution >= 0.6 is 47.0 Å². The lowest BCUT2D eigenvalue weighted by Crippen LogP contribution is -2.17. The van der Waals surface area contributed by atoms with Crippen LogP contribution in [0.4, 0.5) is 0 Å². The van der Waals surface area contributed by atoms with Crippen LogP contribution in [0.15, 0.2) is 60.7 Å². The summed E-state index contributed by atoms with van der Waals surface area (Å²) in [7, 11) is 1.61. The van der Waals surface area contributed by atoms with Gasteiger partial charge in [0.1, 0.15) is 18.1 Å². The number of benzene rings is 3. The van der Waals surface area contributed by atoms with E-state index in [1.54, 1.807) is 42.1 Å². The molecule has 170 valence electrons. The number of aromatic amines is 1. The molecule has 6 nitrogen and oxygen atoms in total. The Bertz CT molecular complexity index is 1320. The van der Waals surface area contributed by atoms with E-state index in [2.05, 4.69) is 15.6 Å². The first-order valence-electron chi connectivity index (χ1n) is 9.86. The van der Waals surface area contributed by atoms with Crippen LogP contribution in [0.5, 0.6) is 11.5 Å². The molecule has 0 fully saturated rings. The summed E-state index contributed by atoms with van der Waals surface area (Å²) in [6, 6.07) is 18.3. The third-order valence-corrected chi connectivity index (χ3v) is 6.12. The Morgan fingerprint density at radius 1 is 1.00 bits per heavy atom. The number of H-pyrrole nitrogens is 1. The Morgan fingerprint density at radius 3 is 2.52 bits per heavy atom. The molecule has 4 rings (SSSR count). The molecular weight excluding hydrogens is 503 g/mol. The van der Waals surface area contributed by atoms with Gasteiger partial charge in [-0.2, -0.15) is 5.10 Å². The van der Waals surface area contributed by atoms with E-state index in [-0.39, 0.29) is 6.61 Å². The summed E-state index contributed by atoms with van der Waals surface area (Å²) in [6.07, 6.45) is 0. The number of hydrogen-bond donors (Lipinski definition) is 2. The van der Waals surface area contributed by atoms with E-state index < -0.39 is 0 Å². The van der Waals surface area contributed by atoms with Gasteiger partial charge in [0.2, 0.25) is 4.77 Å². The molecule has 0 bridgehead atoms. The summed E-state index contributed by atoms with van der Waals surface area (Å²) < 4.78 is 13.6. The zero-order valence-electron chi connectivity index (χ0n) is 17.4. The Morgan fingerprint density at radius 2 is 1.76 bits per heavy atom. The molecule has 1 aromatic heterocycles. The van der Waals surface area contributed by atoms with E-state index in [4.69, 9.17) is 56.5 Å². The third kappa shape index (κ3) is 5.28. The summed E-state index contributed by atoms with van der Waals surface area (Å²) in [5.74, 6) is 1.90. The van der Waals surface area contributed by atoms with Crippen LogP contribution in [-0.4, -0.2) is 22.0 Å². The molecule has 0 atom stereocenters. The molecule has 2 N–H and O–H groups in total. The molecule has 4 aromatic rings. The van der Waals surface area contributed by atoms with Crippen molar-refractivity contribution in [1.82, 2.24) is 14.9 Å². The number of aromatic nitrogens is 3. The van der Waals surface area contributed by atoms with Crippen molar-refractivity contribution in [2.75, 3.05) is 12.5 Å². The molecule has 0 saturated carbocycles. The summed E-state index contributed by atoms with van der Waals surface area (Å²) in [6.45, 7) is 0.576. The number of methoxy groups -OCH3 is 1. The normalized spacial score (nSPS) is 10.8. The van der Waals surface area contributed by atoms with Crippen LogP contribution in [0.1, 0.15) is 11.1 Å². The lowest BCUT2D eigenvalue weighted by Gasteiger charge is -2.16. The van der Waals surface area contributed by atoms with Crippen LogP contribution in [0, 0.1) is 4.77 Å². The van der Waals surface area contributed by atoms with E-state index in [9.17, 15) is 0 Å². The highest BCUT2D eigenvalue weighted by atomic mass is 35.5. The maximum Gasteiger partial charge on any atom is 0.214 e. The standard InChI is InChI=1S/C23H19Cl3N4O2S/c1-31-21-8-3-2-5-16(21)22-28-29-23(33)30(22)27-12-14-11-15(24)9-10-20(14)32-13-17-18(25)6-4-7-19(17)26/h2-11,27H,12-13H2,1H3,(H,29,33). The number of nitrogens with one attached hydrogen (secondary N) is 2. The number of nitrogens with zero attached hydrogens (tertiary/aromatic N) is 2. The molecule has 3 aromatic carbocycles. The Balaban J connectivity index is 1.58. The summed E-state index contributed by atoms with van der Waals surface area (Å²) >= 11 is 24.2. The average molecular weight is 522 g/mol. The fraction of sp³-hybridized carbons (Fsp3) is 0.130. The van der Waals surface area contributed by atoms with Crippen molar-refractivity contribution in [3.8, 4) is 22.9 Å². The van der Waals surface area contributed by atoms with Crippen molar-refractivity contribution in [3.63, 3.8) is 0 Å². The van der Waals surface area contributed by atoms with Gasteiger partial charge in [-0.25, -0.2) is 9.77 Å². The highest BCUT2D eigenvalue weighted by Crippen LogP contribution is 2.30. The van der Waals surface area contributed by atoms with Gasteiger partial charge in [-0.3, -0.25) is 0 Å². The van der Waals surface area contributed by atoms with Crippen molar-refractivity contribution in [2.24, 2.45) is 0 Å². The van der Waals surface area contributed by atoms with Gasteiger partial charge >= 0.3 is 0 Å². The number of hydrogen-bond acceptors (Lipinski definition) is 5. The summed E-state index contributed by atoms with van der Waals surface area (Å²) in [4.78, 5) is 0. The monoisotopic (exact) mass is 520 g/mol. The van der Waals surface area contributed by atoms with E-state index in [1.165, 1.54) is 0 Å². The quantitative estimate of drug-likeness (QED) is 0.247. The molecule has 0 unspecified atom stereocenters. The molecule has 0 aliphatic heterocycles. The molecule has 0 aliphatic rings. The SMILES string of the molecule is COc1ccccc1-c1n[nH]c(=S)n1NCc1cc(Cl)ccc1OCc1c(Cl)cccc1Cl. The Kier molecular flexibility index (Phi) is 7.45. The Hall–Kier alpha value is -2.71. The molecule has 1 heterocycles. The van der Waals surface area contributed by atoms with Crippen LogP contribution in [-0.2, 0) is 13.2 Å². The van der Waals surface area contributed by atoms with Gasteiger partial charge in [-0.05, 0) is 54.7 Å². The van der Waals surface area contributed by atoms with Gasteiger partial charge in [0, 0.05) is 26.2 Å². The fourth-order valence-corrected chi connectivity index (χ4v) is 4.16. The molecule has 33 heavy (non-hydrogen) atoms. The van der Waals surface area contributed by atoms with Gasteiger partial charge in [-0.15, -0.1) is 0 Å². The second-order valence-corrected chi connectivity index (χ2v) is 8.60. The average Bonchev–Trinajstić information content (AvgIpc) is 3.18. The minimum Gasteiger partial charge on any atom is -0.496 e. The zero-order valence-corrected chi connectivity index (χ0v) is 20.5. The molecule has 0 spiro atoms. The van der Waals surface area contributed by atoms with E-state index in [0.717, 1.165) is 11.1 Å². The van der Waals surface area contributed by atoms with Crippen molar-refractivity contribution in [3.05, 3.63) is 91.6 Å². The second-order valence-electron chi connectivity index (χ2n) is 6.96. The number of rotatable bonds is 8. The summed E-state index contributed by atoms with van der Waals surface area (Å²) in [5, 5.41) is 8.85. The zero-order chi connectivity index (χ0) is 23.4. The molecule has 0 amide bonds. The van der Waals surface area contributed by atoms with Crippen molar-refractivity contribution < 1.29 is 9.47 Å². The van der Waals surface area contributed by atoms with Gasteiger partial charge in [-0.1, -0.05) is 53.0 Å². The van der Waals surface area contributed by atoms with E-state index in [0.29, 0.717) is 49.3 Å². The van der Waals surface area contributed by atoms with Crippen molar-refractivity contribution in [1.29, 1.82) is 0 Å². The largest absolute Gasteiger partial charge is 0.496 e. The van der Waals surface area contributed by atoms with Gasteiger partial charge in [0.05, 0.1) is 19.2 Å². The highest BCUT2D eigenvalue weighted by molar-refractivity contribution is 7.71. The van der Waals surface area contributed by atoms with Gasteiger partial charge < -0.3 is 14.9 Å². The maximum atomic E-state index is 6.27. The molecule has 0 radical (unpaired) electrons. The van der Waals surface area contributed by atoms with E-state index in [1.807, 2.05) is 30.3 Å². The molecule has 10 heteroatoms. The Labute approximate surface area is 211 Å². The highest BCUT2D eigenvalue weighted by Gasteiger charge is 2.15. The minimum absolute atomic E-state index is 0.213. The van der Waals surface area contributed by atoms with Crippen LogP contribution < -0.4 is 14.9 Å². The number of para-hydroxylation sites is 1. The number of ether oxygens (including phenoxy) is 2. The van der Waals surface area contributed by atoms with E-state index >= 15 is 0 Å². The molecule has 0 aliphatic carbocycles. The predicted molar refractivity (Wildman–Crippen MR) is 135 cm³/mol. The fourth-order valence-electron chi connectivity index (χ4n) is 3.27. The molecular formula is C23H19Cl3N4O2S. The van der Waals surface area contributed by atoms with Crippen molar-refractivity contribution in [2.45, 2.75) is 13.2 Å². The topological polar surface area (TPSA) is 64.1 Å². The smallest absolute Gasteiger partial charge is 0.214 e. The maximum absolute atomic E-state index is 6.27. The third-order valence-electron chi connectivity index (χ3n) is 4.90. The first-order valence-corrected chi connectivity index (χ1v) is 11.4. The first kappa shape index (κ1) is 23.4. The van der Waals surface area contributed by atoms with Crippen LogP contribution in [0.2, 0.25) is 15.1 Å². The predicted octanol–water partition coefficient (Wildman–Crippen LogP) is 6.90. The van der Waals surface area contributed by atoms with Gasteiger partial charge in [0.15, 0.2) is 5.82 Å². The van der Waals surface area contributed by atoms with Crippen molar-refractivity contribution >= 4 is 47.0 Å². The lowest BCUT2D eigenvalue weighted by atomic mass is 10.2. The summed E-state index contributed by atoms with van der Waals surface area (Å²) in [5.41, 5.74) is 5.61. The molecule has 0 saturated heterocycles. The van der Waals surface area contributed by atoms with Crippen LogP contribution in [0.25, 0.3) is 11.4 Å².